The summed E-state index contributed by atoms with van der Waals surface area (Å²) in [6.07, 6.45) is 2.76. The average molecular weight is 278 g/mol. The van der Waals surface area contributed by atoms with Crippen LogP contribution in [-0.4, -0.2) is 36.2 Å². The van der Waals surface area contributed by atoms with Gasteiger partial charge in [0, 0.05) is 18.9 Å². The van der Waals surface area contributed by atoms with Gasteiger partial charge in [-0.25, -0.2) is 4.39 Å². The normalized spacial score (nSPS) is 16.4. The Labute approximate surface area is 118 Å². The van der Waals surface area contributed by atoms with Gasteiger partial charge in [-0.15, -0.1) is 0 Å². The Balaban J connectivity index is 1.85. The third-order valence-electron chi connectivity index (χ3n) is 3.68. The first-order chi connectivity index (χ1) is 9.56. The lowest BCUT2D eigenvalue weighted by molar-refractivity contribution is -0.121. The molecule has 108 valence electrons. The third kappa shape index (κ3) is 3.87. The lowest BCUT2D eigenvalue weighted by Crippen LogP contribution is -2.40. The predicted molar refractivity (Wildman–Crippen MR) is 74.9 cm³/mol. The molecular weight excluding hydrogens is 259 g/mol. The van der Waals surface area contributed by atoms with Crippen molar-refractivity contribution in [2.45, 2.75) is 31.7 Å². The van der Waals surface area contributed by atoms with Crippen LogP contribution in [0.4, 0.5) is 10.1 Å². The van der Waals surface area contributed by atoms with Gasteiger partial charge in [0.1, 0.15) is 11.6 Å². The van der Waals surface area contributed by atoms with Crippen molar-refractivity contribution in [2.75, 3.05) is 18.9 Å². The lowest BCUT2D eigenvalue weighted by Gasteiger charge is -2.30. The Morgan fingerprint density at radius 2 is 2.00 bits per heavy atom. The van der Waals surface area contributed by atoms with E-state index in [2.05, 4.69) is 5.32 Å². The number of carbonyl (C=O) groups is 2. The summed E-state index contributed by atoms with van der Waals surface area (Å²) in [5, 5.41) is 2.57. The first-order valence-electron chi connectivity index (χ1n) is 6.82. The van der Waals surface area contributed by atoms with Gasteiger partial charge >= 0.3 is 0 Å². The number of benzene rings is 1. The minimum Gasteiger partial charge on any atom is -0.322 e. The van der Waals surface area contributed by atoms with Crippen LogP contribution >= 0.6 is 0 Å². The summed E-state index contributed by atoms with van der Waals surface area (Å²) >= 11 is 0. The largest absolute Gasteiger partial charge is 0.322 e. The van der Waals surface area contributed by atoms with Crippen molar-refractivity contribution in [1.82, 2.24) is 4.90 Å². The molecule has 4 nitrogen and oxygen atoms in total. The standard InChI is InChI=1S/C15H19FN2O2/c1-18(11-6-8-12(19)9-7-11)10-15(20)17-14-5-3-2-4-13(14)16/h2-5,11H,6-10H2,1H3,(H,17,20). The molecule has 1 aliphatic carbocycles. The van der Waals surface area contributed by atoms with Gasteiger partial charge in [-0.05, 0) is 32.0 Å². The SMILES string of the molecule is CN(CC(=O)Nc1ccccc1F)C1CCC(=O)CC1. The number of Topliss-reactive ketones (excluding diaryl/α,β-unsaturated/α-hetero) is 1. The smallest absolute Gasteiger partial charge is 0.238 e. The molecule has 0 unspecified atom stereocenters. The molecule has 0 atom stereocenters. The molecule has 0 heterocycles. The van der Waals surface area contributed by atoms with E-state index in [0.29, 0.717) is 18.6 Å². The molecule has 1 aliphatic rings. The molecule has 1 N–H and O–H groups in total. The average Bonchev–Trinajstić information content (AvgIpc) is 2.42. The van der Waals surface area contributed by atoms with Crippen LogP contribution in [0.25, 0.3) is 0 Å². The summed E-state index contributed by atoms with van der Waals surface area (Å²) in [6.45, 7) is 0.202. The van der Waals surface area contributed by atoms with E-state index in [1.165, 1.54) is 12.1 Å². The zero-order valence-electron chi connectivity index (χ0n) is 11.6. The number of amides is 1. The van der Waals surface area contributed by atoms with Gasteiger partial charge < -0.3 is 5.32 Å². The van der Waals surface area contributed by atoms with Crippen molar-refractivity contribution in [3.8, 4) is 0 Å². The van der Waals surface area contributed by atoms with Crippen LogP contribution in [0.1, 0.15) is 25.7 Å². The Hall–Kier alpha value is -1.75. The summed E-state index contributed by atoms with van der Waals surface area (Å²) in [6, 6.07) is 6.35. The fourth-order valence-corrected chi connectivity index (χ4v) is 2.47. The van der Waals surface area contributed by atoms with Crippen LogP contribution in [0.5, 0.6) is 0 Å². The van der Waals surface area contributed by atoms with Crippen molar-refractivity contribution < 1.29 is 14.0 Å². The van der Waals surface area contributed by atoms with Crippen molar-refractivity contribution in [2.24, 2.45) is 0 Å². The monoisotopic (exact) mass is 278 g/mol. The number of hydrogen-bond acceptors (Lipinski definition) is 3. The summed E-state index contributed by atoms with van der Waals surface area (Å²) in [5.41, 5.74) is 0.199. The second kappa shape index (κ2) is 6.61. The molecule has 0 radical (unpaired) electrons. The van der Waals surface area contributed by atoms with E-state index in [0.717, 1.165) is 12.8 Å². The van der Waals surface area contributed by atoms with Crippen molar-refractivity contribution in [1.29, 1.82) is 0 Å². The fourth-order valence-electron chi connectivity index (χ4n) is 2.47. The van der Waals surface area contributed by atoms with E-state index in [4.69, 9.17) is 0 Å². The van der Waals surface area contributed by atoms with Gasteiger partial charge in [-0.2, -0.15) is 0 Å². The second-order valence-corrected chi connectivity index (χ2v) is 5.21. The molecule has 2 rings (SSSR count). The summed E-state index contributed by atoms with van der Waals surface area (Å²) in [7, 11) is 1.86. The molecule has 0 aromatic heterocycles. The molecule has 5 heteroatoms. The molecule has 1 amide bonds. The summed E-state index contributed by atoms with van der Waals surface area (Å²) in [4.78, 5) is 25.0. The number of rotatable bonds is 4. The lowest BCUT2D eigenvalue weighted by atomic mass is 9.93. The van der Waals surface area contributed by atoms with Gasteiger partial charge in [0.05, 0.1) is 12.2 Å². The highest BCUT2D eigenvalue weighted by Gasteiger charge is 2.23. The van der Waals surface area contributed by atoms with E-state index in [1.807, 2.05) is 11.9 Å². The van der Waals surface area contributed by atoms with E-state index < -0.39 is 5.82 Å². The molecule has 0 spiro atoms. The van der Waals surface area contributed by atoms with Crippen molar-refractivity contribution in [3.05, 3.63) is 30.1 Å². The highest BCUT2D eigenvalue weighted by Crippen LogP contribution is 2.19. The quantitative estimate of drug-likeness (QED) is 0.918. The van der Waals surface area contributed by atoms with E-state index in [1.54, 1.807) is 12.1 Å². The number of ketones is 1. The maximum absolute atomic E-state index is 13.4. The Kier molecular flexibility index (Phi) is 4.84. The minimum absolute atomic E-state index is 0.199. The molecule has 0 saturated heterocycles. The Bertz CT molecular complexity index is 494. The number of para-hydroxylation sites is 1. The molecule has 0 aliphatic heterocycles. The number of anilines is 1. The first-order valence-corrected chi connectivity index (χ1v) is 6.82. The van der Waals surface area contributed by atoms with Gasteiger partial charge in [0.15, 0.2) is 0 Å². The molecule has 20 heavy (non-hydrogen) atoms. The van der Waals surface area contributed by atoms with Gasteiger partial charge in [-0.1, -0.05) is 12.1 Å². The van der Waals surface area contributed by atoms with E-state index >= 15 is 0 Å². The van der Waals surface area contributed by atoms with Gasteiger partial charge in [0.25, 0.3) is 0 Å². The van der Waals surface area contributed by atoms with Crippen LogP contribution in [0, 0.1) is 5.82 Å². The number of halogens is 1. The topological polar surface area (TPSA) is 49.4 Å². The maximum atomic E-state index is 13.4. The Morgan fingerprint density at radius 3 is 2.65 bits per heavy atom. The minimum atomic E-state index is -0.438. The highest BCUT2D eigenvalue weighted by molar-refractivity contribution is 5.92. The molecule has 1 saturated carbocycles. The molecule has 0 bridgehead atoms. The van der Waals surface area contributed by atoms with Crippen LogP contribution in [0.2, 0.25) is 0 Å². The van der Waals surface area contributed by atoms with Crippen LogP contribution < -0.4 is 5.32 Å². The highest BCUT2D eigenvalue weighted by atomic mass is 19.1. The second-order valence-electron chi connectivity index (χ2n) is 5.21. The number of likely N-dealkylation sites (N-methyl/N-ethyl adjacent to an activating group) is 1. The van der Waals surface area contributed by atoms with Gasteiger partial charge in [0.2, 0.25) is 5.91 Å². The zero-order valence-corrected chi connectivity index (χ0v) is 11.6. The van der Waals surface area contributed by atoms with Gasteiger partial charge in [-0.3, -0.25) is 14.5 Å². The van der Waals surface area contributed by atoms with Crippen molar-refractivity contribution >= 4 is 17.4 Å². The van der Waals surface area contributed by atoms with E-state index in [9.17, 15) is 14.0 Å². The molecular formula is C15H19FN2O2. The predicted octanol–water partition coefficient (Wildman–Crippen LogP) is 2.21. The van der Waals surface area contributed by atoms with Crippen LogP contribution in [0.15, 0.2) is 24.3 Å². The number of hydrogen-bond donors (Lipinski definition) is 1. The number of nitrogens with one attached hydrogen (secondary N) is 1. The third-order valence-corrected chi connectivity index (χ3v) is 3.68. The summed E-state index contributed by atoms with van der Waals surface area (Å²) < 4.78 is 13.4. The van der Waals surface area contributed by atoms with Crippen LogP contribution in [-0.2, 0) is 9.59 Å². The molecule has 1 aromatic carbocycles. The number of nitrogens with zero attached hydrogens (tertiary/aromatic N) is 1. The number of carbonyl (C=O) groups excluding carboxylic acids is 2. The zero-order chi connectivity index (χ0) is 14.5. The molecule has 1 aromatic rings. The maximum Gasteiger partial charge on any atom is 0.238 e. The fraction of sp³-hybridized carbons (Fsp3) is 0.467. The first kappa shape index (κ1) is 14.7. The summed E-state index contributed by atoms with van der Waals surface area (Å²) in [5.74, 6) is -0.383. The van der Waals surface area contributed by atoms with Crippen LogP contribution in [0.3, 0.4) is 0 Å². The van der Waals surface area contributed by atoms with Crippen molar-refractivity contribution in [3.63, 3.8) is 0 Å². The molecule has 1 fully saturated rings. The Morgan fingerprint density at radius 1 is 1.35 bits per heavy atom. The van der Waals surface area contributed by atoms with E-state index in [-0.39, 0.29) is 24.2 Å².